The SMILES string of the molecule is CC1CN(C(=O)Cc2ccc(N)cn2)CC(C)O1. The van der Waals surface area contributed by atoms with Crippen LogP contribution in [0.5, 0.6) is 0 Å². The highest BCUT2D eigenvalue weighted by Crippen LogP contribution is 2.12. The van der Waals surface area contributed by atoms with Gasteiger partial charge in [0.1, 0.15) is 0 Å². The highest BCUT2D eigenvalue weighted by atomic mass is 16.5. The van der Waals surface area contributed by atoms with Gasteiger partial charge >= 0.3 is 0 Å². The van der Waals surface area contributed by atoms with Gasteiger partial charge in [-0.1, -0.05) is 0 Å². The summed E-state index contributed by atoms with van der Waals surface area (Å²) in [6, 6.07) is 3.56. The maximum absolute atomic E-state index is 12.1. The zero-order valence-corrected chi connectivity index (χ0v) is 10.8. The average molecular weight is 249 g/mol. The number of hydrogen-bond donors (Lipinski definition) is 1. The van der Waals surface area contributed by atoms with Crippen LogP contribution in [0.4, 0.5) is 5.69 Å². The fourth-order valence-corrected chi connectivity index (χ4v) is 2.19. The predicted molar refractivity (Wildman–Crippen MR) is 68.9 cm³/mol. The van der Waals surface area contributed by atoms with Gasteiger partial charge in [0.05, 0.1) is 30.5 Å². The average Bonchev–Trinajstić information content (AvgIpc) is 2.31. The Morgan fingerprint density at radius 2 is 2.11 bits per heavy atom. The van der Waals surface area contributed by atoms with E-state index in [-0.39, 0.29) is 18.1 Å². The van der Waals surface area contributed by atoms with E-state index in [1.54, 1.807) is 18.3 Å². The number of hydrogen-bond acceptors (Lipinski definition) is 4. The van der Waals surface area contributed by atoms with Crippen LogP contribution in [0.1, 0.15) is 19.5 Å². The Morgan fingerprint density at radius 3 is 2.67 bits per heavy atom. The van der Waals surface area contributed by atoms with Crippen molar-refractivity contribution in [3.8, 4) is 0 Å². The molecule has 1 aliphatic rings. The van der Waals surface area contributed by atoms with Gasteiger partial charge in [-0.15, -0.1) is 0 Å². The second-order valence-electron chi connectivity index (χ2n) is 4.82. The number of anilines is 1. The molecule has 5 heteroatoms. The lowest BCUT2D eigenvalue weighted by atomic mass is 10.2. The summed E-state index contributed by atoms with van der Waals surface area (Å²) in [5.41, 5.74) is 6.92. The number of carbonyl (C=O) groups excluding carboxylic acids is 1. The van der Waals surface area contributed by atoms with Crippen molar-refractivity contribution in [3.63, 3.8) is 0 Å². The van der Waals surface area contributed by atoms with Crippen LogP contribution in [0, 0.1) is 0 Å². The molecule has 2 rings (SSSR count). The van der Waals surface area contributed by atoms with Crippen molar-refractivity contribution in [1.29, 1.82) is 0 Å². The molecule has 0 spiro atoms. The first-order valence-corrected chi connectivity index (χ1v) is 6.18. The topological polar surface area (TPSA) is 68.5 Å². The molecule has 1 aliphatic heterocycles. The first kappa shape index (κ1) is 12.8. The van der Waals surface area contributed by atoms with Crippen LogP contribution in [0.15, 0.2) is 18.3 Å². The Morgan fingerprint density at radius 1 is 1.44 bits per heavy atom. The molecule has 1 fully saturated rings. The summed E-state index contributed by atoms with van der Waals surface area (Å²) >= 11 is 0. The maximum atomic E-state index is 12.1. The minimum atomic E-state index is 0.0919. The lowest BCUT2D eigenvalue weighted by Gasteiger charge is -2.35. The Bertz CT molecular complexity index is 409. The number of carbonyl (C=O) groups is 1. The molecule has 0 radical (unpaired) electrons. The molecule has 1 saturated heterocycles. The van der Waals surface area contributed by atoms with E-state index in [1.807, 2.05) is 18.7 Å². The van der Waals surface area contributed by atoms with Crippen molar-refractivity contribution in [2.24, 2.45) is 0 Å². The van der Waals surface area contributed by atoms with Crippen LogP contribution in [0.2, 0.25) is 0 Å². The molecule has 2 atom stereocenters. The van der Waals surface area contributed by atoms with Crippen LogP contribution < -0.4 is 5.73 Å². The molecular weight excluding hydrogens is 230 g/mol. The Balaban J connectivity index is 1.97. The molecule has 0 saturated carbocycles. The molecule has 0 bridgehead atoms. The zero-order chi connectivity index (χ0) is 13.1. The van der Waals surface area contributed by atoms with Crippen LogP contribution in [0.3, 0.4) is 0 Å². The van der Waals surface area contributed by atoms with E-state index in [0.717, 1.165) is 5.69 Å². The number of nitrogens with zero attached hydrogens (tertiary/aromatic N) is 2. The third kappa shape index (κ3) is 3.20. The summed E-state index contributed by atoms with van der Waals surface area (Å²) in [4.78, 5) is 18.1. The van der Waals surface area contributed by atoms with Gasteiger partial charge in [0, 0.05) is 18.8 Å². The summed E-state index contributed by atoms with van der Waals surface area (Å²) in [5.74, 6) is 0.0919. The second kappa shape index (κ2) is 5.35. The third-order valence-electron chi connectivity index (χ3n) is 2.95. The summed E-state index contributed by atoms with van der Waals surface area (Å²) in [5, 5.41) is 0. The molecular formula is C13H19N3O2. The minimum Gasteiger partial charge on any atom is -0.397 e. The first-order chi connectivity index (χ1) is 8.54. The molecule has 2 unspecified atom stereocenters. The van der Waals surface area contributed by atoms with E-state index in [4.69, 9.17) is 10.5 Å². The summed E-state index contributed by atoms with van der Waals surface area (Å²) in [6.07, 6.45) is 2.08. The lowest BCUT2D eigenvalue weighted by molar-refractivity contribution is -0.142. The minimum absolute atomic E-state index is 0.0919. The van der Waals surface area contributed by atoms with Crippen LogP contribution in [0.25, 0.3) is 0 Å². The molecule has 1 amide bonds. The van der Waals surface area contributed by atoms with Gasteiger partial charge in [0.15, 0.2) is 0 Å². The van der Waals surface area contributed by atoms with E-state index in [2.05, 4.69) is 4.98 Å². The molecule has 2 N–H and O–H groups in total. The third-order valence-corrected chi connectivity index (χ3v) is 2.95. The number of amides is 1. The van der Waals surface area contributed by atoms with Crippen molar-refractivity contribution in [2.75, 3.05) is 18.8 Å². The van der Waals surface area contributed by atoms with Gasteiger partial charge in [0.2, 0.25) is 5.91 Å². The van der Waals surface area contributed by atoms with E-state index in [1.165, 1.54) is 0 Å². The van der Waals surface area contributed by atoms with Crippen molar-refractivity contribution in [1.82, 2.24) is 9.88 Å². The van der Waals surface area contributed by atoms with Crippen molar-refractivity contribution in [3.05, 3.63) is 24.0 Å². The zero-order valence-electron chi connectivity index (χ0n) is 10.8. The second-order valence-corrected chi connectivity index (χ2v) is 4.82. The van der Waals surface area contributed by atoms with Crippen LogP contribution >= 0.6 is 0 Å². The molecule has 0 aliphatic carbocycles. The van der Waals surface area contributed by atoms with E-state index in [9.17, 15) is 4.79 Å². The number of morpholine rings is 1. The Hall–Kier alpha value is -1.62. The summed E-state index contributed by atoms with van der Waals surface area (Å²) in [7, 11) is 0. The fourth-order valence-electron chi connectivity index (χ4n) is 2.19. The van der Waals surface area contributed by atoms with Gasteiger partial charge in [-0.25, -0.2) is 0 Å². The first-order valence-electron chi connectivity index (χ1n) is 6.18. The molecule has 1 aromatic heterocycles. The molecule has 98 valence electrons. The molecule has 2 heterocycles. The quantitative estimate of drug-likeness (QED) is 0.843. The standard InChI is InChI=1S/C13H19N3O2/c1-9-7-16(8-10(2)18-9)13(17)5-12-4-3-11(14)6-15-12/h3-4,6,9-10H,5,7-8,14H2,1-2H3. The molecule has 5 nitrogen and oxygen atoms in total. The highest BCUT2D eigenvalue weighted by molar-refractivity contribution is 5.78. The van der Waals surface area contributed by atoms with Crippen molar-refractivity contribution >= 4 is 11.6 Å². The van der Waals surface area contributed by atoms with Crippen LogP contribution in [-0.2, 0) is 16.0 Å². The number of aromatic nitrogens is 1. The lowest BCUT2D eigenvalue weighted by Crippen LogP contribution is -2.48. The predicted octanol–water partition coefficient (Wildman–Crippen LogP) is 0.842. The number of rotatable bonds is 2. The Kier molecular flexibility index (Phi) is 3.81. The highest BCUT2D eigenvalue weighted by Gasteiger charge is 2.25. The number of ether oxygens (including phenoxy) is 1. The molecule has 18 heavy (non-hydrogen) atoms. The van der Waals surface area contributed by atoms with Gasteiger partial charge in [-0.05, 0) is 26.0 Å². The molecule has 0 aromatic carbocycles. The smallest absolute Gasteiger partial charge is 0.228 e. The monoisotopic (exact) mass is 249 g/mol. The van der Waals surface area contributed by atoms with Gasteiger partial charge in [-0.3, -0.25) is 9.78 Å². The fraction of sp³-hybridized carbons (Fsp3) is 0.538. The molecule has 1 aromatic rings. The van der Waals surface area contributed by atoms with E-state index in [0.29, 0.717) is 25.2 Å². The number of nitrogens with two attached hydrogens (primary N) is 1. The number of pyridine rings is 1. The largest absolute Gasteiger partial charge is 0.397 e. The van der Waals surface area contributed by atoms with Crippen molar-refractivity contribution < 1.29 is 9.53 Å². The summed E-state index contributed by atoms with van der Waals surface area (Å²) in [6.45, 7) is 5.27. The number of nitrogen functional groups attached to an aromatic ring is 1. The summed E-state index contributed by atoms with van der Waals surface area (Å²) < 4.78 is 5.61. The maximum Gasteiger partial charge on any atom is 0.228 e. The van der Waals surface area contributed by atoms with Gasteiger partial charge < -0.3 is 15.4 Å². The van der Waals surface area contributed by atoms with Gasteiger partial charge in [0.25, 0.3) is 0 Å². The van der Waals surface area contributed by atoms with E-state index < -0.39 is 0 Å². The van der Waals surface area contributed by atoms with E-state index >= 15 is 0 Å². The Labute approximate surface area is 107 Å². The van der Waals surface area contributed by atoms with Gasteiger partial charge in [-0.2, -0.15) is 0 Å². The normalized spacial score (nSPS) is 24.0. The van der Waals surface area contributed by atoms with Crippen LogP contribution in [-0.4, -0.2) is 41.1 Å². The van der Waals surface area contributed by atoms with Crippen molar-refractivity contribution in [2.45, 2.75) is 32.5 Å².